The monoisotopic (exact) mass is 281 g/mol. The predicted molar refractivity (Wildman–Crippen MR) is 81.4 cm³/mol. The molecule has 1 aromatic carbocycles. The van der Waals surface area contributed by atoms with Crippen LogP contribution in [0.2, 0.25) is 0 Å². The van der Waals surface area contributed by atoms with E-state index in [1.165, 1.54) is 12.8 Å². The van der Waals surface area contributed by atoms with Crippen LogP contribution in [-0.2, 0) is 6.54 Å². The van der Waals surface area contributed by atoms with Gasteiger partial charge in [0.05, 0.1) is 19.8 Å². The molecule has 2 N–H and O–H groups in total. The van der Waals surface area contributed by atoms with Crippen LogP contribution in [0, 0.1) is 0 Å². The molecular formula is C16H27NO3. The van der Waals surface area contributed by atoms with Gasteiger partial charge >= 0.3 is 0 Å². The fourth-order valence-electron chi connectivity index (χ4n) is 1.90. The largest absolute Gasteiger partial charge is 0.493 e. The Kier molecular flexibility index (Phi) is 8.07. The fourth-order valence-corrected chi connectivity index (χ4v) is 1.90. The Labute approximate surface area is 122 Å². The Morgan fingerprint density at radius 3 is 2.70 bits per heavy atom. The number of methoxy groups -OCH3 is 1. The molecule has 1 atom stereocenters. The molecule has 0 aliphatic rings. The summed E-state index contributed by atoms with van der Waals surface area (Å²) < 4.78 is 11.1. The minimum Gasteiger partial charge on any atom is -0.493 e. The van der Waals surface area contributed by atoms with Gasteiger partial charge in [-0.3, -0.25) is 0 Å². The lowest BCUT2D eigenvalue weighted by molar-refractivity contribution is 0.191. The van der Waals surface area contributed by atoms with E-state index in [9.17, 15) is 5.11 Å². The molecule has 0 saturated heterocycles. The van der Waals surface area contributed by atoms with Crippen LogP contribution in [0.5, 0.6) is 11.5 Å². The van der Waals surface area contributed by atoms with Gasteiger partial charge in [-0.2, -0.15) is 0 Å². The quantitative estimate of drug-likeness (QED) is 0.648. The highest BCUT2D eigenvalue weighted by molar-refractivity contribution is 5.42. The third kappa shape index (κ3) is 6.26. The third-order valence-electron chi connectivity index (χ3n) is 3.00. The number of rotatable bonds is 10. The van der Waals surface area contributed by atoms with Gasteiger partial charge in [0, 0.05) is 13.1 Å². The molecule has 4 nitrogen and oxygen atoms in total. The van der Waals surface area contributed by atoms with Crippen molar-refractivity contribution in [3.63, 3.8) is 0 Å². The Hall–Kier alpha value is -1.26. The Balaban J connectivity index is 2.51. The van der Waals surface area contributed by atoms with Crippen molar-refractivity contribution in [2.24, 2.45) is 0 Å². The zero-order valence-electron chi connectivity index (χ0n) is 12.8. The van der Waals surface area contributed by atoms with Crippen LogP contribution in [0.1, 0.15) is 38.7 Å². The number of hydrogen-bond acceptors (Lipinski definition) is 4. The second-order valence-electron chi connectivity index (χ2n) is 5.02. The van der Waals surface area contributed by atoms with Gasteiger partial charge in [-0.05, 0) is 31.0 Å². The summed E-state index contributed by atoms with van der Waals surface area (Å²) >= 11 is 0. The molecule has 0 saturated carbocycles. The van der Waals surface area contributed by atoms with E-state index in [4.69, 9.17) is 9.47 Å². The van der Waals surface area contributed by atoms with E-state index in [1.54, 1.807) is 14.0 Å². The van der Waals surface area contributed by atoms with E-state index < -0.39 is 0 Å². The average molecular weight is 281 g/mol. The van der Waals surface area contributed by atoms with Crippen molar-refractivity contribution in [2.75, 3.05) is 20.3 Å². The molecule has 1 aromatic rings. The predicted octanol–water partition coefficient (Wildman–Crippen LogP) is 2.73. The highest BCUT2D eigenvalue weighted by atomic mass is 16.5. The molecule has 0 heterocycles. The normalized spacial score (nSPS) is 12.2. The Bertz CT molecular complexity index is 380. The van der Waals surface area contributed by atoms with Crippen LogP contribution in [-0.4, -0.2) is 31.5 Å². The number of aliphatic hydroxyl groups is 1. The van der Waals surface area contributed by atoms with Gasteiger partial charge in [-0.15, -0.1) is 0 Å². The van der Waals surface area contributed by atoms with Crippen LogP contribution >= 0.6 is 0 Å². The van der Waals surface area contributed by atoms with Gasteiger partial charge in [0.25, 0.3) is 0 Å². The lowest BCUT2D eigenvalue weighted by atomic mass is 10.2. The van der Waals surface area contributed by atoms with Crippen molar-refractivity contribution in [2.45, 2.75) is 45.8 Å². The molecule has 114 valence electrons. The van der Waals surface area contributed by atoms with Crippen molar-refractivity contribution in [3.05, 3.63) is 23.8 Å². The SMILES string of the molecule is CCCCCOc1ccc(CNCC(C)O)cc1OC. The molecule has 0 aromatic heterocycles. The van der Waals surface area contributed by atoms with Gasteiger partial charge in [0.1, 0.15) is 0 Å². The standard InChI is InChI=1S/C16H27NO3/c1-4-5-6-9-20-15-8-7-14(10-16(15)19-3)12-17-11-13(2)18/h7-8,10,13,17-18H,4-6,9,11-12H2,1-3H3. The lowest BCUT2D eigenvalue weighted by Crippen LogP contribution is -2.23. The summed E-state index contributed by atoms with van der Waals surface area (Å²) in [6, 6.07) is 5.95. The molecule has 0 aliphatic heterocycles. The van der Waals surface area contributed by atoms with E-state index in [0.29, 0.717) is 13.1 Å². The Morgan fingerprint density at radius 1 is 1.25 bits per heavy atom. The van der Waals surface area contributed by atoms with Gasteiger partial charge in [0.15, 0.2) is 11.5 Å². The molecule has 20 heavy (non-hydrogen) atoms. The summed E-state index contributed by atoms with van der Waals surface area (Å²) in [7, 11) is 1.65. The van der Waals surface area contributed by atoms with E-state index >= 15 is 0 Å². The summed E-state index contributed by atoms with van der Waals surface area (Å²) in [5.41, 5.74) is 1.11. The van der Waals surface area contributed by atoms with E-state index in [2.05, 4.69) is 12.2 Å². The first-order valence-electron chi connectivity index (χ1n) is 7.35. The molecule has 1 unspecified atom stereocenters. The van der Waals surface area contributed by atoms with Crippen molar-refractivity contribution in [1.29, 1.82) is 0 Å². The first kappa shape index (κ1) is 16.8. The van der Waals surface area contributed by atoms with Crippen molar-refractivity contribution in [1.82, 2.24) is 5.32 Å². The topological polar surface area (TPSA) is 50.7 Å². The van der Waals surface area contributed by atoms with E-state index in [1.807, 2.05) is 18.2 Å². The fraction of sp³-hybridized carbons (Fsp3) is 0.625. The van der Waals surface area contributed by atoms with Crippen LogP contribution in [0.4, 0.5) is 0 Å². The second-order valence-corrected chi connectivity index (χ2v) is 5.02. The van der Waals surface area contributed by atoms with Crippen LogP contribution < -0.4 is 14.8 Å². The molecular weight excluding hydrogens is 254 g/mol. The lowest BCUT2D eigenvalue weighted by Gasteiger charge is -2.13. The molecule has 0 amide bonds. The minimum atomic E-state index is -0.335. The minimum absolute atomic E-state index is 0.335. The highest BCUT2D eigenvalue weighted by Crippen LogP contribution is 2.28. The van der Waals surface area contributed by atoms with Gasteiger partial charge in [-0.1, -0.05) is 25.8 Å². The summed E-state index contributed by atoms with van der Waals surface area (Å²) in [5.74, 6) is 1.56. The zero-order chi connectivity index (χ0) is 14.8. The third-order valence-corrected chi connectivity index (χ3v) is 3.00. The molecule has 4 heteroatoms. The first-order valence-corrected chi connectivity index (χ1v) is 7.35. The number of hydrogen-bond donors (Lipinski definition) is 2. The van der Waals surface area contributed by atoms with Crippen molar-refractivity contribution in [3.8, 4) is 11.5 Å². The summed E-state index contributed by atoms with van der Waals surface area (Å²) in [5, 5.41) is 12.4. The molecule has 0 radical (unpaired) electrons. The second kappa shape index (κ2) is 9.61. The van der Waals surface area contributed by atoms with Crippen molar-refractivity contribution < 1.29 is 14.6 Å². The van der Waals surface area contributed by atoms with Crippen LogP contribution in [0.15, 0.2) is 18.2 Å². The number of unbranched alkanes of at least 4 members (excludes halogenated alkanes) is 2. The number of benzene rings is 1. The van der Waals surface area contributed by atoms with E-state index in [-0.39, 0.29) is 6.10 Å². The maximum atomic E-state index is 9.21. The molecule has 0 fully saturated rings. The van der Waals surface area contributed by atoms with Crippen LogP contribution in [0.3, 0.4) is 0 Å². The maximum Gasteiger partial charge on any atom is 0.161 e. The summed E-state index contributed by atoms with van der Waals surface area (Å²) in [4.78, 5) is 0. The summed E-state index contributed by atoms with van der Waals surface area (Å²) in [6.45, 7) is 5.95. The number of aliphatic hydroxyl groups excluding tert-OH is 1. The van der Waals surface area contributed by atoms with Crippen molar-refractivity contribution >= 4 is 0 Å². The van der Waals surface area contributed by atoms with Crippen LogP contribution in [0.25, 0.3) is 0 Å². The molecule has 0 spiro atoms. The molecule has 0 bridgehead atoms. The van der Waals surface area contributed by atoms with Gasteiger partial charge in [-0.25, -0.2) is 0 Å². The first-order chi connectivity index (χ1) is 9.67. The maximum absolute atomic E-state index is 9.21. The van der Waals surface area contributed by atoms with E-state index in [0.717, 1.165) is 30.1 Å². The number of ether oxygens (including phenoxy) is 2. The highest BCUT2D eigenvalue weighted by Gasteiger charge is 2.06. The average Bonchev–Trinajstić information content (AvgIpc) is 2.44. The van der Waals surface area contributed by atoms with Gasteiger partial charge in [0.2, 0.25) is 0 Å². The van der Waals surface area contributed by atoms with Gasteiger partial charge < -0.3 is 19.9 Å². The smallest absolute Gasteiger partial charge is 0.161 e. The Morgan fingerprint density at radius 2 is 2.05 bits per heavy atom. The number of nitrogens with one attached hydrogen (secondary N) is 1. The summed E-state index contributed by atoms with van der Waals surface area (Å²) in [6.07, 6.45) is 3.10. The molecule has 0 aliphatic carbocycles. The molecule has 1 rings (SSSR count). The zero-order valence-corrected chi connectivity index (χ0v) is 12.8.